The highest BCUT2D eigenvalue weighted by molar-refractivity contribution is 5.95. The van der Waals surface area contributed by atoms with Crippen molar-refractivity contribution < 1.29 is 9.90 Å². The van der Waals surface area contributed by atoms with E-state index in [1.165, 1.54) is 19.4 Å². The van der Waals surface area contributed by atoms with E-state index in [2.05, 4.69) is 11.8 Å². The monoisotopic (exact) mass is 274 g/mol. The van der Waals surface area contributed by atoms with Crippen molar-refractivity contribution in [1.29, 1.82) is 0 Å². The molecule has 2 aliphatic heterocycles. The molecule has 4 nitrogen and oxygen atoms in total. The molecule has 2 atom stereocenters. The Balaban J connectivity index is 1.80. The number of carbonyl (C=O) groups excluding carboxylic acids is 1. The number of aromatic hydroxyl groups is 1. The molecule has 2 unspecified atom stereocenters. The van der Waals surface area contributed by atoms with E-state index < -0.39 is 0 Å². The van der Waals surface area contributed by atoms with Gasteiger partial charge in [0.1, 0.15) is 5.75 Å². The van der Waals surface area contributed by atoms with Crippen LogP contribution in [-0.4, -0.2) is 52.5 Å². The lowest BCUT2D eigenvalue weighted by Gasteiger charge is -2.42. The van der Waals surface area contributed by atoms with Crippen LogP contribution in [0.25, 0.3) is 0 Å². The van der Waals surface area contributed by atoms with Crippen molar-refractivity contribution in [1.82, 2.24) is 9.80 Å². The van der Waals surface area contributed by atoms with Gasteiger partial charge in [-0.15, -0.1) is 0 Å². The zero-order valence-corrected chi connectivity index (χ0v) is 12.2. The van der Waals surface area contributed by atoms with E-state index >= 15 is 0 Å². The summed E-state index contributed by atoms with van der Waals surface area (Å²) in [4.78, 5) is 17.1. The number of nitrogens with zero attached hydrogens (tertiary/aromatic N) is 2. The molecule has 1 amide bonds. The number of fused-ring (bicyclic) bond motifs is 1. The molecule has 20 heavy (non-hydrogen) atoms. The second kappa shape index (κ2) is 5.09. The van der Waals surface area contributed by atoms with Gasteiger partial charge < -0.3 is 10.0 Å². The van der Waals surface area contributed by atoms with E-state index in [-0.39, 0.29) is 17.7 Å². The number of piperazine rings is 1. The molecule has 0 aliphatic carbocycles. The predicted octanol–water partition coefficient (Wildman–Crippen LogP) is 2.01. The van der Waals surface area contributed by atoms with Crippen LogP contribution in [0.2, 0.25) is 0 Å². The minimum absolute atomic E-state index is 0.0411. The minimum Gasteiger partial charge on any atom is -0.508 e. The lowest BCUT2D eigenvalue weighted by molar-refractivity contribution is 0.0395. The maximum Gasteiger partial charge on any atom is 0.254 e. The zero-order valence-electron chi connectivity index (χ0n) is 12.2. The van der Waals surface area contributed by atoms with E-state index in [1.54, 1.807) is 12.1 Å². The quantitative estimate of drug-likeness (QED) is 0.852. The number of amides is 1. The van der Waals surface area contributed by atoms with Crippen LogP contribution >= 0.6 is 0 Å². The summed E-state index contributed by atoms with van der Waals surface area (Å²) in [7, 11) is 0. The molecule has 0 aromatic heterocycles. The van der Waals surface area contributed by atoms with E-state index in [0.717, 1.165) is 18.7 Å². The maximum absolute atomic E-state index is 12.7. The Bertz CT molecular complexity index is 529. The maximum atomic E-state index is 12.7. The molecule has 1 aromatic carbocycles. The lowest BCUT2D eigenvalue weighted by atomic mass is 10.0. The molecule has 2 saturated heterocycles. The molecule has 2 fully saturated rings. The molecule has 0 spiro atoms. The first-order valence-electron chi connectivity index (χ1n) is 7.41. The summed E-state index contributed by atoms with van der Waals surface area (Å²) in [5, 5.41) is 9.78. The first-order chi connectivity index (χ1) is 9.56. The van der Waals surface area contributed by atoms with Gasteiger partial charge in [0.2, 0.25) is 0 Å². The van der Waals surface area contributed by atoms with Gasteiger partial charge in [-0.05, 0) is 50.9 Å². The predicted molar refractivity (Wildman–Crippen MR) is 77.9 cm³/mol. The van der Waals surface area contributed by atoms with Crippen LogP contribution in [0.15, 0.2) is 18.2 Å². The average molecular weight is 274 g/mol. The number of benzene rings is 1. The van der Waals surface area contributed by atoms with Gasteiger partial charge in [-0.3, -0.25) is 9.69 Å². The number of phenols is 1. The highest BCUT2D eigenvalue weighted by atomic mass is 16.3. The smallest absolute Gasteiger partial charge is 0.254 e. The summed E-state index contributed by atoms with van der Waals surface area (Å²) in [5.41, 5.74) is 1.39. The molecule has 2 aliphatic rings. The number of phenolic OH excluding ortho intramolecular Hbond substituents is 1. The van der Waals surface area contributed by atoms with Crippen molar-refractivity contribution in [2.75, 3.05) is 19.6 Å². The number of hydrogen-bond donors (Lipinski definition) is 1. The van der Waals surface area contributed by atoms with Gasteiger partial charge in [0.15, 0.2) is 0 Å². The van der Waals surface area contributed by atoms with Gasteiger partial charge >= 0.3 is 0 Å². The average Bonchev–Trinajstić information content (AvgIpc) is 2.87. The van der Waals surface area contributed by atoms with E-state index in [0.29, 0.717) is 11.6 Å². The van der Waals surface area contributed by atoms with Gasteiger partial charge in [0, 0.05) is 30.7 Å². The molecular formula is C16H22N2O2. The third-order valence-electron chi connectivity index (χ3n) is 4.65. The molecule has 0 bridgehead atoms. The van der Waals surface area contributed by atoms with Gasteiger partial charge in [-0.1, -0.05) is 6.07 Å². The number of hydrogen-bond acceptors (Lipinski definition) is 3. The summed E-state index contributed by atoms with van der Waals surface area (Å²) < 4.78 is 0. The topological polar surface area (TPSA) is 43.8 Å². The molecule has 1 aromatic rings. The van der Waals surface area contributed by atoms with Crippen LogP contribution in [0.1, 0.15) is 35.7 Å². The summed E-state index contributed by atoms with van der Waals surface area (Å²) in [5.74, 6) is 0.238. The Hall–Kier alpha value is -1.55. The Kier molecular flexibility index (Phi) is 3.42. The third kappa shape index (κ3) is 2.29. The second-order valence-corrected chi connectivity index (χ2v) is 6.10. The summed E-state index contributed by atoms with van der Waals surface area (Å²) in [6.07, 6.45) is 2.43. The van der Waals surface area contributed by atoms with Crippen molar-refractivity contribution in [3.63, 3.8) is 0 Å². The van der Waals surface area contributed by atoms with Crippen LogP contribution < -0.4 is 0 Å². The SMILES string of the molecule is Cc1ccc(C(=O)N2CC3CCCN3CC2C)cc1O. The highest BCUT2D eigenvalue weighted by Gasteiger charge is 2.36. The molecule has 3 rings (SSSR count). The van der Waals surface area contributed by atoms with Crippen LogP contribution in [0.3, 0.4) is 0 Å². The second-order valence-electron chi connectivity index (χ2n) is 6.10. The van der Waals surface area contributed by atoms with Crippen molar-refractivity contribution >= 4 is 5.91 Å². The largest absolute Gasteiger partial charge is 0.508 e. The molecule has 2 heterocycles. The number of carbonyl (C=O) groups is 1. The van der Waals surface area contributed by atoms with Crippen molar-refractivity contribution in [2.45, 2.75) is 38.8 Å². The van der Waals surface area contributed by atoms with Crippen molar-refractivity contribution in [3.05, 3.63) is 29.3 Å². The highest BCUT2D eigenvalue weighted by Crippen LogP contribution is 2.26. The lowest BCUT2D eigenvalue weighted by Crippen LogP contribution is -2.56. The molecule has 0 saturated carbocycles. The van der Waals surface area contributed by atoms with Crippen LogP contribution in [-0.2, 0) is 0 Å². The fourth-order valence-corrected chi connectivity index (χ4v) is 3.38. The van der Waals surface area contributed by atoms with Gasteiger partial charge in [0.25, 0.3) is 5.91 Å². The standard InChI is InChI=1S/C16H22N2O2/c1-11-5-6-13(8-15(11)19)16(20)18-10-14-4-3-7-17(14)9-12(18)2/h5-6,8,12,14,19H,3-4,7,9-10H2,1-2H3. The van der Waals surface area contributed by atoms with Crippen LogP contribution in [0.5, 0.6) is 5.75 Å². The van der Waals surface area contributed by atoms with Crippen LogP contribution in [0.4, 0.5) is 0 Å². The van der Waals surface area contributed by atoms with Crippen molar-refractivity contribution in [2.24, 2.45) is 0 Å². The Morgan fingerprint density at radius 3 is 2.90 bits per heavy atom. The molecule has 0 radical (unpaired) electrons. The summed E-state index contributed by atoms with van der Waals surface area (Å²) in [6.45, 7) is 6.90. The number of rotatable bonds is 1. The fraction of sp³-hybridized carbons (Fsp3) is 0.562. The Labute approximate surface area is 120 Å². The van der Waals surface area contributed by atoms with Crippen LogP contribution in [0, 0.1) is 6.92 Å². The molecule has 108 valence electrons. The molecular weight excluding hydrogens is 252 g/mol. The Morgan fingerprint density at radius 1 is 1.35 bits per heavy atom. The zero-order chi connectivity index (χ0) is 14.3. The van der Waals surface area contributed by atoms with Crippen molar-refractivity contribution in [3.8, 4) is 5.75 Å². The van der Waals surface area contributed by atoms with Gasteiger partial charge in [-0.2, -0.15) is 0 Å². The van der Waals surface area contributed by atoms with Gasteiger partial charge in [0.05, 0.1) is 0 Å². The molecule has 1 N–H and O–H groups in total. The van der Waals surface area contributed by atoms with E-state index in [1.807, 2.05) is 17.9 Å². The van der Waals surface area contributed by atoms with Gasteiger partial charge in [-0.25, -0.2) is 0 Å². The molecule has 4 heteroatoms. The third-order valence-corrected chi connectivity index (χ3v) is 4.65. The fourth-order valence-electron chi connectivity index (χ4n) is 3.38. The summed E-state index contributed by atoms with van der Waals surface area (Å²) >= 11 is 0. The minimum atomic E-state index is 0.0411. The van der Waals surface area contributed by atoms with E-state index in [9.17, 15) is 9.90 Å². The normalized spacial score (nSPS) is 26.6. The first kappa shape index (κ1) is 13.4. The Morgan fingerprint density at radius 2 is 2.15 bits per heavy atom. The summed E-state index contributed by atoms with van der Waals surface area (Å²) in [6, 6.07) is 5.96. The van der Waals surface area contributed by atoms with E-state index in [4.69, 9.17) is 0 Å². The number of aryl methyl sites for hydroxylation is 1. The first-order valence-corrected chi connectivity index (χ1v) is 7.41.